The number of nitrogens with zero attached hydrogens (tertiary/aromatic N) is 1. The Morgan fingerprint density at radius 2 is 1.80 bits per heavy atom. The summed E-state index contributed by atoms with van der Waals surface area (Å²) in [6, 6.07) is 14.5. The van der Waals surface area contributed by atoms with Crippen molar-refractivity contribution in [1.82, 2.24) is 0 Å². The largest absolute Gasteiger partial charge is 0.418 e. The molecule has 0 N–H and O–H groups in total. The van der Waals surface area contributed by atoms with Crippen LogP contribution in [0.25, 0.3) is 11.1 Å². The molecule has 0 aliphatic rings. The van der Waals surface area contributed by atoms with Gasteiger partial charge in [0.15, 0.2) is 0 Å². The fourth-order valence-corrected chi connectivity index (χ4v) is 2.21. The van der Waals surface area contributed by atoms with Crippen molar-refractivity contribution in [2.45, 2.75) is 19.1 Å². The van der Waals surface area contributed by atoms with Gasteiger partial charge >= 0.3 is 5.69 Å². The molecule has 20 heavy (non-hydrogen) atoms. The fraction of sp³-hybridized carbons (Fsp3) is 0.200. The van der Waals surface area contributed by atoms with Gasteiger partial charge in [-0.3, -0.25) is 10.1 Å². The molecule has 0 radical (unpaired) electrons. The van der Waals surface area contributed by atoms with Crippen molar-refractivity contribution < 1.29 is 9.11 Å². The first-order valence-corrected chi connectivity index (χ1v) is 7.06. The molecule has 2 aromatic carbocycles. The van der Waals surface area contributed by atoms with Gasteiger partial charge in [0.1, 0.15) is 0 Å². The summed E-state index contributed by atoms with van der Waals surface area (Å²) in [4.78, 5) is 10.8. The molecule has 0 amide bonds. The molecule has 0 fully saturated rings. The van der Waals surface area contributed by atoms with Gasteiger partial charge in [-0.15, -0.1) is 0 Å². The highest BCUT2D eigenvalue weighted by Crippen LogP contribution is 2.40. The summed E-state index contributed by atoms with van der Waals surface area (Å²) >= 11 is 1.22. The number of hydrogen-bond donors (Lipinski definition) is 0. The third kappa shape index (κ3) is 3.30. The first-order chi connectivity index (χ1) is 9.59. The van der Waals surface area contributed by atoms with Gasteiger partial charge in [-0.25, -0.2) is 0 Å². The quantitative estimate of drug-likeness (QED) is 0.455. The van der Waals surface area contributed by atoms with Crippen LogP contribution in [0.15, 0.2) is 48.5 Å². The van der Waals surface area contributed by atoms with E-state index in [4.69, 9.17) is 4.18 Å². The molecule has 4 nitrogen and oxygen atoms in total. The third-order valence-corrected chi connectivity index (χ3v) is 3.25. The Morgan fingerprint density at radius 1 is 1.10 bits per heavy atom. The lowest BCUT2D eigenvalue weighted by atomic mass is 10.0. The summed E-state index contributed by atoms with van der Waals surface area (Å²) in [7, 11) is 0. The van der Waals surface area contributed by atoms with Crippen molar-refractivity contribution >= 4 is 17.7 Å². The molecular weight excluding hydrogens is 274 g/mol. The maximum Gasteiger partial charge on any atom is 0.313 e. The van der Waals surface area contributed by atoms with Gasteiger partial charge in [-0.1, -0.05) is 56.3 Å². The predicted molar refractivity (Wildman–Crippen MR) is 81.9 cm³/mol. The van der Waals surface area contributed by atoms with E-state index in [1.165, 1.54) is 18.1 Å². The third-order valence-electron chi connectivity index (χ3n) is 2.60. The van der Waals surface area contributed by atoms with E-state index in [9.17, 15) is 10.1 Å². The van der Waals surface area contributed by atoms with Gasteiger partial charge in [0.05, 0.1) is 17.0 Å². The van der Waals surface area contributed by atoms with Crippen LogP contribution in [0.5, 0.6) is 5.75 Å². The minimum absolute atomic E-state index is 0.0143. The number of rotatable bonds is 5. The zero-order chi connectivity index (χ0) is 14.5. The summed E-state index contributed by atoms with van der Waals surface area (Å²) in [5.41, 5.74) is 1.61. The van der Waals surface area contributed by atoms with E-state index in [-0.39, 0.29) is 10.9 Å². The Morgan fingerprint density at radius 3 is 2.40 bits per heavy atom. The first-order valence-electron chi connectivity index (χ1n) is 6.25. The van der Waals surface area contributed by atoms with Crippen LogP contribution in [-0.4, -0.2) is 10.2 Å². The second kappa shape index (κ2) is 6.43. The number of nitro benzene ring substituents is 1. The summed E-state index contributed by atoms with van der Waals surface area (Å²) in [6.07, 6.45) is 0. The first kappa shape index (κ1) is 14.4. The van der Waals surface area contributed by atoms with Crippen molar-refractivity contribution in [3.8, 4) is 16.9 Å². The van der Waals surface area contributed by atoms with E-state index in [1.54, 1.807) is 6.07 Å². The average Bonchev–Trinajstić information content (AvgIpc) is 2.45. The Labute approximate surface area is 122 Å². The highest BCUT2D eigenvalue weighted by molar-refractivity contribution is 7.95. The van der Waals surface area contributed by atoms with Gasteiger partial charge in [-0.05, 0) is 5.56 Å². The maximum atomic E-state index is 11.2. The molecule has 0 aliphatic carbocycles. The minimum Gasteiger partial charge on any atom is -0.418 e. The molecule has 2 rings (SSSR count). The van der Waals surface area contributed by atoms with Crippen LogP contribution in [0.3, 0.4) is 0 Å². The van der Waals surface area contributed by atoms with Gasteiger partial charge in [0, 0.05) is 16.9 Å². The lowest BCUT2D eigenvalue weighted by molar-refractivity contribution is -0.385. The average molecular weight is 289 g/mol. The Balaban J connectivity index is 2.50. The second-order valence-corrected chi connectivity index (χ2v) is 5.81. The van der Waals surface area contributed by atoms with E-state index >= 15 is 0 Å². The van der Waals surface area contributed by atoms with Crippen molar-refractivity contribution in [3.63, 3.8) is 0 Å². The lowest BCUT2D eigenvalue weighted by Crippen LogP contribution is -1.98. The molecule has 0 heterocycles. The molecule has 0 aromatic heterocycles. The van der Waals surface area contributed by atoms with Crippen molar-refractivity contribution in [2.75, 3.05) is 0 Å². The molecule has 0 aliphatic heterocycles. The molecule has 0 saturated heterocycles. The van der Waals surface area contributed by atoms with E-state index < -0.39 is 4.92 Å². The number of benzene rings is 2. The topological polar surface area (TPSA) is 52.4 Å². The van der Waals surface area contributed by atoms with Gasteiger partial charge in [0.2, 0.25) is 5.75 Å². The standard InChI is InChI=1S/C15H15NO3S/c1-11(2)20-19-15-13(12-7-4-3-5-8-12)9-6-10-14(15)16(17)18/h3-11H,1-2H3. The van der Waals surface area contributed by atoms with Crippen molar-refractivity contribution in [3.05, 3.63) is 58.6 Å². The molecule has 0 saturated carbocycles. The van der Waals surface area contributed by atoms with Crippen LogP contribution >= 0.6 is 12.0 Å². The minimum atomic E-state index is -0.414. The SMILES string of the molecule is CC(C)SOc1c(-c2ccccc2)cccc1[N+](=O)[O-]. The monoisotopic (exact) mass is 289 g/mol. The number of nitro groups is 1. The number of hydrogen-bond acceptors (Lipinski definition) is 4. The summed E-state index contributed by atoms with van der Waals surface area (Å²) < 4.78 is 5.62. The molecule has 0 unspecified atom stereocenters. The highest BCUT2D eigenvalue weighted by atomic mass is 32.2. The fourth-order valence-electron chi connectivity index (χ4n) is 1.75. The summed E-state index contributed by atoms with van der Waals surface area (Å²) in [5, 5.41) is 11.4. The van der Waals surface area contributed by atoms with Crippen molar-refractivity contribution in [1.29, 1.82) is 0 Å². The molecule has 0 atom stereocenters. The van der Waals surface area contributed by atoms with E-state index in [0.29, 0.717) is 5.75 Å². The maximum absolute atomic E-state index is 11.2. The zero-order valence-electron chi connectivity index (χ0n) is 11.3. The molecule has 5 heteroatoms. The van der Waals surface area contributed by atoms with Crippen LogP contribution < -0.4 is 4.18 Å². The van der Waals surface area contributed by atoms with E-state index in [1.807, 2.05) is 50.2 Å². The van der Waals surface area contributed by atoms with Gasteiger partial charge in [-0.2, -0.15) is 0 Å². The molecule has 104 valence electrons. The van der Waals surface area contributed by atoms with Crippen molar-refractivity contribution in [2.24, 2.45) is 0 Å². The molecule has 2 aromatic rings. The predicted octanol–water partition coefficient (Wildman–Crippen LogP) is 4.70. The zero-order valence-corrected chi connectivity index (χ0v) is 12.1. The summed E-state index contributed by atoms with van der Waals surface area (Å²) in [6.45, 7) is 3.95. The highest BCUT2D eigenvalue weighted by Gasteiger charge is 2.21. The smallest absolute Gasteiger partial charge is 0.313 e. The second-order valence-electron chi connectivity index (χ2n) is 4.51. The summed E-state index contributed by atoms with van der Waals surface area (Å²) in [5.74, 6) is 0.308. The Hall–Kier alpha value is -2.01. The van der Waals surface area contributed by atoms with Crippen LogP contribution in [0.1, 0.15) is 13.8 Å². The van der Waals surface area contributed by atoms with Crippen LogP contribution in [-0.2, 0) is 0 Å². The lowest BCUT2D eigenvalue weighted by Gasteiger charge is -2.11. The Bertz CT molecular complexity index is 599. The molecule has 0 bridgehead atoms. The van der Waals surface area contributed by atoms with Gasteiger partial charge < -0.3 is 4.18 Å². The van der Waals surface area contributed by atoms with Crippen LogP contribution in [0.2, 0.25) is 0 Å². The molecule has 0 spiro atoms. The van der Waals surface area contributed by atoms with Crippen LogP contribution in [0.4, 0.5) is 5.69 Å². The Kier molecular flexibility index (Phi) is 4.63. The van der Waals surface area contributed by atoms with Gasteiger partial charge in [0.25, 0.3) is 0 Å². The normalized spacial score (nSPS) is 10.6. The molecular formula is C15H15NO3S. The van der Waals surface area contributed by atoms with E-state index in [2.05, 4.69) is 0 Å². The van der Waals surface area contributed by atoms with E-state index in [0.717, 1.165) is 11.1 Å². The van der Waals surface area contributed by atoms with Crippen LogP contribution in [0, 0.1) is 10.1 Å². The number of para-hydroxylation sites is 1.